The van der Waals surface area contributed by atoms with Crippen LogP contribution < -0.4 is 21.7 Å². The number of aromatic nitrogens is 8. The number of anilines is 2. The van der Waals surface area contributed by atoms with Gasteiger partial charge >= 0.3 is 18.6 Å². The minimum Gasteiger partial charge on any atom is -0.390 e. The maximum atomic E-state index is 15.8. The summed E-state index contributed by atoms with van der Waals surface area (Å²) >= 11 is 0. The topological polar surface area (TPSA) is 280 Å². The highest BCUT2D eigenvalue weighted by Gasteiger charge is 2.54. The van der Waals surface area contributed by atoms with E-state index >= 15 is 4.39 Å². The largest absolute Gasteiger partial charge is 0.697 e. The van der Waals surface area contributed by atoms with Crippen LogP contribution in [-0.2, 0) is 32.8 Å². The fourth-order valence-electron chi connectivity index (χ4n) is 5.74. The normalized spacial score (nSPS) is 33.5. The number of halogens is 1. The first kappa shape index (κ1) is 29.0. The van der Waals surface area contributed by atoms with Crippen molar-refractivity contribution in [1.29, 1.82) is 0 Å². The molecule has 2 saturated heterocycles. The van der Waals surface area contributed by atoms with Crippen LogP contribution in [0.3, 0.4) is 0 Å². The first-order chi connectivity index (χ1) is 21.0. The summed E-state index contributed by atoms with van der Waals surface area (Å²) < 4.78 is 81.9. The summed E-state index contributed by atoms with van der Waals surface area (Å²) in [7, 11) is -7.63. The van der Waals surface area contributed by atoms with Crippen molar-refractivity contribution in [2.45, 2.75) is 49.3 Å². The number of H-pyrrole nitrogens is 1. The average molecular weight is 657 g/mol. The van der Waals surface area contributed by atoms with Gasteiger partial charge in [0, 0.05) is 17.0 Å². The molecule has 2 aliphatic heterocycles. The van der Waals surface area contributed by atoms with Gasteiger partial charge in [0.05, 0.1) is 24.8 Å². The third kappa shape index (κ3) is 4.88. The van der Waals surface area contributed by atoms with Gasteiger partial charge in [-0.3, -0.25) is 14.3 Å². The van der Waals surface area contributed by atoms with Crippen LogP contribution in [0.25, 0.3) is 22.3 Å². The number of fused-ring (bicyclic) bond motifs is 5. The van der Waals surface area contributed by atoms with Crippen molar-refractivity contribution in [2.24, 2.45) is 5.92 Å². The molecule has 9 atom stereocenters. The maximum Gasteiger partial charge on any atom is 0.697 e. The van der Waals surface area contributed by atoms with Crippen molar-refractivity contribution in [3.05, 3.63) is 29.3 Å². The molecule has 0 aromatic carbocycles. The lowest BCUT2D eigenvalue weighted by molar-refractivity contribution is -0.0187. The zero-order valence-corrected chi connectivity index (χ0v) is 23.9. The highest BCUT2D eigenvalue weighted by Crippen LogP contribution is 2.44. The lowest BCUT2D eigenvalue weighted by Crippen LogP contribution is -2.43. The molecule has 20 nitrogen and oxygen atoms in total. The summed E-state index contributed by atoms with van der Waals surface area (Å²) in [6.45, 7) is -0.973. The lowest BCUT2D eigenvalue weighted by atomic mass is 10.1. The van der Waals surface area contributed by atoms with Crippen molar-refractivity contribution in [3.8, 4) is 0 Å². The number of imidazole rings is 2. The van der Waals surface area contributed by atoms with E-state index in [1.807, 2.05) is 0 Å². The minimum atomic E-state index is -4.65. The standard InChI is InChI=1S/C21H23FN11O9PS/c22-10-15-9(40-20(10)33-6-27-11-16(23)25-4-26-17(11)33)2-29-44(37,38)42-14-8(1-7(13(14)34)3-39-43(36)41-15)32-5-28-12-18(32)30-21(24)31-19(12)35/h4-10,13-15,20,29,34H,1-3H2,(H4-,23,24,25,26,30,31,35)/p+1/t7-,8-,9-,10-,13-,14+,15-,20?/m1/s1. The minimum absolute atomic E-state index is 0.0199. The Bertz CT molecular complexity index is 1940. The predicted molar refractivity (Wildman–Crippen MR) is 144 cm³/mol. The van der Waals surface area contributed by atoms with E-state index in [1.54, 1.807) is 0 Å². The number of nitrogens with zero attached hydrogens (tertiary/aromatic N) is 7. The Labute approximate surface area is 246 Å². The molecule has 1 saturated carbocycles. The lowest BCUT2D eigenvalue weighted by Gasteiger charge is -2.24. The van der Waals surface area contributed by atoms with E-state index in [2.05, 4.69) is 34.6 Å². The van der Waals surface area contributed by atoms with Crippen LogP contribution in [0.1, 0.15) is 18.7 Å². The van der Waals surface area contributed by atoms with Crippen molar-refractivity contribution < 1.29 is 40.4 Å². The molecular weight excluding hydrogens is 632 g/mol. The van der Waals surface area contributed by atoms with Gasteiger partial charge in [-0.1, -0.05) is 0 Å². The molecule has 4 aromatic rings. The number of aliphatic hydroxyl groups is 1. The quantitative estimate of drug-likeness (QED) is 0.155. The van der Waals surface area contributed by atoms with Crippen LogP contribution >= 0.6 is 8.25 Å². The molecule has 234 valence electrons. The Morgan fingerprint density at radius 2 is 1.86 bits per heavy atom. The Kier molecular flexibility index (Phi) is 7.05. The first-order valence-corrected chi connectivity index (χ1v) is 15.6. The van der Waals surface area contributed by atoms with Crippen LogP contribution in [0.4, 0.5) is 16.2 Å². The second-order valence-electron chi connectivity index (χ2n) is 10.4. The van der Waals surface area contributed by atoms with Gasteiger partial charge in [0.2, 0.25) is 5.95 Å². The SMILES string of the molecule is Nc1nc2c(ncn2[C@@H]2C[C@@H]3CO[P+](=O)O[C@@H]4[C@@H](CNS(=O)(=O)O[C@@H]2[C@@H]3O)OC(n2cnc3c(N)ncnc32)[C@@H]4F)c(=O)[nH]1. The third-order valence-electron chi connectivity index (χ3n) is 7.78. The molecule has 3 aliphatic rings. The molecule has 0 spiro atoms. The smallest absolute Gasteiger partial charge is 0.390 e. The van der Waals surface area contributed by atoms with Gasteiger partial charge in [0.25, 0.3) is 5.56 Å². The molecule has 6 heterocycles. The van der Waals surface area contributed by atoms with Crippen molar-refractivity contribution in [1.82, 2.24) is 43.8 Å². The van der Waals surface area contributed by atoms with E-state index in [4.69, 9.17) is 29.4 Å². The molecule has 7 N–H and O–H groups in total. The molecule has 23 heteroatoms. The van der Waals surface area contributed by atoms with Gasteiger partial charge in [-0.15, -0.1) is 9.05 Å². The maximum absolute atomic E-state index is 15.8. The number of nitrogen functional groups attached to an aromatic ring is 2. The number of aliphatic hydroxyl groups excluding tert-OH is 1. The van der Waals surface area contributed by atoms with E-state index in [1.165, 1.54) is 21.8 Å². The molecule has 44 heavy (non-hydrogen) atoms. The Morgan fingerprint density at radius 1 is 1.09 bits per heavy atom. The van der Waals surface area contributed by atoms with Crippen molar-refractivity contribution in [3.63, 3.8) is 0 Å². The number of alkyl halides is 1. The fraction of sp³-hybridized carbons (Fsp3) is 0.524. The van der Waals surface area contributed by atoms with Crippen LogP contribution in [-0.4, -0.2) is 96.3 Å². The molecule has 3 fully saturated rings. The van der Waals surface area contributed by atoms with Crippen LogP contribution in [0, 0.1) is 5.92 Å². The Balaban J connectivity index is 1.19. The van der Waals surface area contributed by atoms with Crippen LogP contribution in [0.15, 0.2) is 23.8 Å². The van der Waals surface area contributed by atoms with Gasteiger partial charge in [-0.05, 0) is 6.42 Å². The van der Waals surface area contributed by atoms with Crippen LogP contribution in [0.5, 0.6) is 0 Å². The molecule has 1 aliphatic carbocycles. The van der Waals surface area contributed by atoms with Crippen molar-refractivity contribution in [2.75, 3.05) is 24.6 Å². The number of ether oxygens (including phenoxy) is 1. The fourth-order valence-corrected chi connectivity index (χ4v) is 7.54. The zero-order chi connectivity index (χ0) is 30.9. The molecule has 2 bridgehead atoms. The summed E-state index contributed by atoms with van der Waals surface area (Å²) in [4.78, 5) is 34.8. The van der Waals surface area contributed by atoms with E-state index in [0.29, 0.717) is 0 Å². The van der Waals surface area contributed by atoms with Crippen molar-refractivity contribution >= 4 is 52.7 Å². The molecule has 0 radical (unpaired) electrons. The second-order valence-corrected chi connectivity index (χ2v) is 12.7. The van der Waals surface area contributed by atoms with Gasteiger partial charge in [-0.25, -0.2) is 28.5 Å². The van der Waals surface area contributed by atoms with Gasteiger partial charge in [0.1, 0.15) is 30.7 Å². The number of aromatic amines is 1. The summed E-state index contributed by atoms with van der Waals surface area (Å²) in [5.41, 5.74) is 11.2. The van der Waals surface area contributed by atoms with E-state index in [9.17, 15) is 22.9 Å². The molecule has 2 unspecified atom stereocenters. The summed E-state index contributed by atoms with van der Waals surface area (Å²) in [5.74, 6) is -1.000. The average Bonchev–Trinajstić information content (AvgIpc) is 3.72. The second kappa shape index (κ2) is 10.7. The molecule has 7 rings (SSSR count). The molecule has 0 amide bonds. The number of rotatable bonds is 2. The first-order valence-electron chi connectivity index (χ1n) is 13.1. The number of nitrogens with two attached hydrogens (primary N) is 2. The highest BCUT2D eigenvalue weighted by atomic mass is 32.2. The van der Waals surface area contributed by atoms with E-state index < -0.39 is 79.4 Å². The number of hydrogen-bond donors (Lipinski definition) is 5. The highest BCUT2D eigenvalue weighted by molar-refractivity contribution is 7.84. The van der Waals surface area contributed by atoms with E-state index in [0.717, 1.165) is 6.33 Å². The summed E-state index contributed by atoms with van der Waals surface area (Å²) in [6, 6.07) is -0.936. The van der Waals surface area contributed by atoms with Gasteiger partial charge in [-0.2, -0.15) is 18.1 Å². The van der Waals surface area contributed by atoms with Crippen LogP contribution in [0.2, 0.25) is 0 Å². The van der Waals surface area contributed by atoms with Gasteiger partial charge in [0.15, 0.2) is 41.1 Å². The summed E-state index contributed by atoms with van der Waals surface area (Å²) in [6.07, 6.45) is -5.57. The number of hydrogen-bond acceptors (Lipinski definition) is 16. The molecular formula is C21H24FN11O9PS+. The Hall–Kier alpha value is -3.76. The van der Waals surface area contributed by atoms with Gasteiger partial charge < -0.3 is 25.9 Å². The number of nitrogens with one attached hydrogen (secondary N) is 2. The summed E-state index contributed by atoms with van der Waals surface area (Å²) in [5, 5.41) is 11.1. The Morgan fingerprint density at radius 3 is 2.68 bits per heavy atom. The monoisotopic (exact) mass is 656 g/mol. The third-order valence-corrected chi connectivity index (χ3v) is 9.55. The molecule has 4 aromatic heterocycles. The zero-order valence-electron chi connectivity index (χ0n) is 22.2. The van der Waals surface area contributed by atoms with E-state index in [-0.39, 0.29) is 47.1 Å². The predicted octanol–water partition coefficient (Wildman–Crippen LogP) is -1.43.